The van der Waals surface area contributed by atoms with Crippen LogP contribution in [0.1, 0.15) is 48.6 Å². The van der Waals surface area contributed by atoms with Gasteiger partial charge in [0, 0.05) is 73.6 Å². The van der Waals surface area contributed by atoms with Crippen LogP contribution >= 0.6 is 0 Å². The molecule has 99 heavy (non-hydrogen) atoms. The second-order valence-corrected chi connectivity index (χ2v) is 46.6. The smallest absolute Gasteiger partial charge is 0.144 e. The molecule has 0 N–H and O–H groups in total. The molecule has 0 unspecified atom stereocenters. The average molecular weight is 1330 g/mol. The summed E-state index contributed by atoms with van der Waals surface area (Å²) in [6.07, 6.45) is 0. The molecular weight excluding hydrogens is 1250 g/mol. The van der Waals surface area contributed by atoms with Gasteiger partial charge in [0.2, 0.25) is 0 Å². The highest BCUT2D eigenvalue weighted by Crippen LogP contribution is 2.66. The standard InChI is InChI=1S/C92H85N3OSi3/c1-91(2,3)65-38-40-68(41-39-65)95(71-46-53-77(54-47-71)99(10,11)12)73-32-24-26-64(58-73)82-61-86-89(90-88(82)81-56-48-74(60-87(81)96-90)94(67-29-17-14-18-30-67)70-44-51-76(52-45-70)98(7,8)9)80-55-37-63(59-85(80)92(86)83-35-21-19-33-78(83)79-34-20-22-36-84(79)92)62-25-23-31-72(57-62)93(66-27-15-13-16-28-66)69-42-49-75(50-43-69)97(4,5)6/h13-61H,1-12H3. The maximum atomic E-state index is 7.85. The van der Waals surface area contributed by atoms with Crippen molar-refractivity contribution in [3.05, 3.63) is 325 Å². The number of anilines is 9. The zero-order valence-electron chi connectivity index (χ0n) is 59.0. The SMILES string of the molecule is CC(C)(C)c1ccc(N(c2ccc([Si](C)(C)C)cc2)c2cccc(-c3cc4c(c5oc6cc(N(c7ccccc7)c7ccc([Si](C)(C)C)cc7)ccc6c35)-c3ccc(-c5cccc(N(c6ccccc6)c6ccc([Si](C)(C)C)cc6)c5)cc3C43c4ccccc4-c4ccccc43)c2)cc1. The second kappa shape index (κ2) is 24.0. The molecule has 14 aromatic rings. The molecule has 0 fully saturated rings. The first-order valence-corrected chi connectivity index (χ1v) is 45.6. The number of fused-ring (bicyclic) bond motifs is 14. The van der Waals surface area contributed by atoms with Gasteiger partial charge in [0.25, 0.3) is 0 Å². The summed E-state index contributed by atoms with van der Waals surface area (Å²) in [5.74, 6) is 0. The predicted octanol–water partition coefficient (Wildman–Crippen LogP) is 24.6. The molecule has 0 amide bonds. The first kappa shape index (κ1) is 63.5. The van der Waals surface area contributed by atoms with Crippen LogP contribution in [0.25, 0.3) is 66.4 Å². The summed E-state index contributed by atoms with van der Waals surface area (Å²) < 4.78 is 7.85. The summed E-state index contributed by atoms with van der Waals surface area (Å²) in [7, 11) is -4.72. The van der Waals surface area contributed by atoms with E-state index in [0.717, 1.165) is 101 Å². The third-order valence-corrected chi connectivity index (χ3v) is 27.1. The van der Waals surface area contributed by atoms with Crippen molar-refractivity contribution >= 4 is 113 Å². The molecule has 0 radical (unpaired) electrons. The van der Waals surface area contributed by atoms with Gasteiger partial charge in [-0.1, -0.05) is 265 Å². The lowest BCUT2D eigenvalue weighted by Gasteiger charge is -2.31. The van der Waals surface area contributed by atoms with Gasteiger partial charge < -0.3 is 19.1 Å². The zero-order valence-corrected chi connectivity index (χ0v) is 62.0. The highest BCUT2D eigenvalue weighted by molar-refractivity contribution is 6.89. The van der Waals surface area contributed by atoms with Crippen LogP contribution in [0.3, 0.4) is 0 Å². The molecule has 2 aliphatic carbocycles. The third kappa shape index (κ3) is 11.0. The summed E-state index contributed by atoms with van der Waals surface area (Å²) >= 11 is 0. The van der Waals surface area contributed by atoms with Crippen LogP contribution < -0.4 is 30.3 Å². The lowest BCUT2D eigenvalue weighted by Crippen LogP contribution is -2.37. The van der Waals surface area contributed by atoms with E-state index in [9.17, 15) is 0 Å². The van der Waals surface area contributed by atoms with E-state index in [-0.39, 0.29) is 5.41 Å². The number of hydrogen-bond acceptors (Lipinski definition) is 4. The van der Waals surface area contributed by atoms with Gasteiger partial charge >= 0.3 is 0 Å². The molecule has 1 spiro atoms. The Morgan fingerprint density at radius 2 is 0.687 bits per heavy atom. The minimum Gasteiger partial charge on any atom is -0.455 e. The molecule has 1 heterocycles. The molecule has 13 aromatic carbocycles. The molecule has 0 saturated heterocycles. The number of furan rings is 1. The summed E-state index contributed by atoms with van der Waals surface area (Å²) in [5.41, 5.74) is 26.5. The molecule has 2 aliphatic rings. The quantitative estimate of drug-likeness (QED) is 0.101. The maximum Gasteiger partial charge on any atom is 0.144 e. The van der Waals surface area contributed by atoms with Crippen molar-refractivity contribution in [1.29, 1.82) is 0 Å². The lowest BCUT2D eigenvalue weighted by molar-refractivity contribution is 0.590. The van der Waals surface area contributed by atoms with Crippen molar-refractivity contribution < 1.29 is 4.42 Å². The number of hydrogen-bond donors (Lipinski definition) is 0. The van der Waals surface area contributed by atoms with Crippen LogP contribution in [0.5, 0.6) is 0 Å². The second-order valence-electron chi connectivity index (χ2n) is 31.4. The number of rotatable bonds is 14. The Hall–Kier alpha value is -10.3. The minimum absolute atomic E-state index is 0.00326. The van der Waals surface area contributed by atoms with Crippen molar-refractivity contribution in [3.8, 4) is 44.5 Å². The Labute approximate surface area is 588 Å². The number of nitrogens with zero attached hydrogens (tertiary/aromatic N) is 3. The summed E-state index contributed by atoms with van der Waals surface area (Å²) in [6, 6.07) is 112. The number of benzene rings is 13. The molecule has 0 saturated carbocycles. The molecular formula is C92H85N3OSi3. The van der Waals surface area contributed by atoms with Gasteiger partial charge in [0.1, 0.15) is 11.2 Å². The molecule has 7 heteroatoms. The Morgan fingerprint density at radius 1 is 0.293 bits per heavy atom. The maximum absolute atomic E-state index is 7.85. The molecule has 0 bridgehead atoms. The monoisotopic (exact) mass is 1330 g/mol. The van der Waals surface area contributed by atoms with Crippen LogP contribution in [0, 0.1) is 0 Å². The van der Waals surface area contributed by atoms with Gasteiger partial charge in [0.15, 0.2) is 0 Å². The topological polar surface area (TPSA) is 22.9 Å². The highest BCUT2D eigenvalue weighted by Gasteiger charge is 2.53. The normalized spacial score (nSPS) is 13.1. The van der Waals surface area contributed by atoms with Crippen LogP contribution in [-0.4, -0.2) is 24.2 Å². The third-order valence-electron chi connectivity index (χ3n) is 20.9. The van der Waals surface area contributed by atoms with Gasteiger partial charge in [-0.15, -0.1) is 0 Å². The zero-order chi connectivity index (χ0) is 68.3. The molecule has 0 atom stereocenters. The fourth-order valence-corrected chi connectivity index (χ4v) is 19.2. The van der Waals surface area contributed by atoms with Crippen LogP contribution in [0.15, 0.2) is 302 Å². The van der Waals surface area contributed by atoms with Crippen molar-refractivity contribution in [2.75, 3.05) is 14.7 Å². The molecule has 16 rings (SSSR count). The largest absolute Gasteiger partial charge is 0.455 e. The van der Waals surface area contributed by atoms with E-state index >= 15 is 0 Å². The van der Waals surface area contributed by atoms with Gasteiger partial charge in [-0.25, -0.2) is 0 Å². The van der Waals surface area contributed by atoms with E-state index in [4.69, 9.17) is 4.42 Å². The minimum atomic E-state index is -1.60. The molecule has 4 nitrogen and oxygen atoms in total. The number of para-hydroxylation sites is 2. The Kier molecular flexibility index (Phi) is 15.4. The first-order valence-electron chi connectivity index (χ1n) is 35.1. The molecule has 1 aromatic heterocycles. The summed E-state index contributed by atoms with van der Waals surface area (Å²) in [4.78, 5) is 7.23. The van der Waals surface area contributed by atoms with E-state index < -0.39 is 29.6 Å². The van der Waals surface area contributed by atoms with Gasteiger partial charge in [-0.05, 0) is 194 Å². The summed E-state index contributed by atoms with van der Waals surface area (Å²) in [6.45, 7) is 28.7. The molecule has 486 valence electrons. The van der Waals surface area contributed by atoms with Crippen LogP contribution in [0.2, 0.25) is 58.9 Å². The van der Waals surface area contributed by atoms with Crippen molar-refractivity contribution in [2.45, 2.75) is 90.5 Å². The van der Waals surface area contributed by atoms with E-state index in [1.807, 2.05) is 0 Å². The van der Waals surface area contributed by atoms with Gasteiger partial charge in [-0.2, -0.15) is 0 Å². The average Bonchev–Trinajstić information content (AvgIpc) is 1.50. The van der Waals surface area contributed by atoms with E-state index in [1.54, 1.807) is 0 Å². The fraction of sp³-hybridized carbons (Fsp3) is 0.152. The van der Waals surface area contributed by atoms with Crippen molar-refractivity contribution in [3.63, 3.8) is 0 Å². The Balaban J connectivity index is 0.948. The van der Waals surface area contributed by atoms with E-state index in [1.165, 1.54) is 60.1 Å². The van der Waals surface area contributed by atoms with Crippen molar-refractivity contribution in [2.24, 2.45) is 0 Å². The Bertz CT molecular complexity index is 5300. The predicted molar refractivity (Wildman–Crippen MR) is 433 cm³/mol. The summed E-state index contributed by atoms with van der Waals surface area (Å²) in [5, 5.41) is 6.47. The van der Waals surface area contributed by atoms with E-state index in [2.05, 4.69) is 392 Å². The van der Waals surface area contributed by atoms with Crippen LogP contribution in [-0.2, 0) is 10.8 Å². The van der Waals surface area contributed by atoms with Gasteiger partial charge in [-0.3, -0.25) is 0 Å². The van der Waals surface area contributed by atoms with Gasteiger partial charge in [0.05, 0.1) is 29.6 Å². The van der Waals surface area contributed by atoms with Crippen molar-refractivity contribution in [1.82, 2.24) is 0 Å². The fourth-order valence-electron chi connectivity index (χ4n) is 15.7. The Morgan fingerprint density at radius 3 is 1.16 bits per heavy atom. The first-order chi connectivity index (χ1) is 47.6. The van der Waals surface area contributed by atoms with E-state index in [0.29, 0.717) is 0 Å². The van der Waals surface area contributed by atoms with Crippen LogP contribution in [0.4, 0.5) is 51.2 Å². The molecule has 0 aliphatic heterocycles. The highest BCUT2D eigenvalue weighted by atomic mass is 28.3. The lowest BCUT2D eigenvalue weighted by atomic mass is 9.69.